The maximum atomic E-state index is 16.3. The fourth-order valence-corrected chi connectivity index (χ4v) is 5.55. The van der Waals surface area contributed by atoms with Crippen molar-refractivity contribution >= 4 is 5.91 Å². The molecule has 1 N–H and O–H groups in total. The van der Waals surface area contributed by atoms with Gasteiger partial charge in [-0.1, -0.05) is 43.3 Å². The first-order valence-electron chi connectivity index (χ1n) is 12.9. The highest BCUT2D eigenvalue weighted by Crippen LogP contribution is 2.47. The van der Waals surface area contributed by atoms with Crippen LogP contribution in [0, 0.1) is 0 Å². The van der Waals surface area contributed by atoms with Crippen molar-refractivity contribution in [2.45, 2.75) is 56.7 Å². The summed E-state index contributed by atoms with van der Waals surface area (Å²) in [6.45, 7) is 7.29. The molecule has 0 unspecified atom stereocenters. The second-order valence-electron chi connectivity index (χ2n) is 10.8. The molecule has 1 atom stereocenters. The topological polar surface area (TPSA) is 95.6 Å². The molecule has 2 saturated heterocycles. The molecule has 5 rings (SSSR count). The first kappa shape index (κ1) is 25.5. The summed E-state index contributed by atoms with van der Waals surface area (Å²) in [6.07, 6.45) is 4.61. The first-order chi connectivity index (χ1) is 17.6. The highest BCUT2D eigenvalue weighted by Gasteiger charge is 2.59. The number of alkyl halides is 1. The molecule has 0 bridgehead atoms. The Kier molecular flexibility index (Phi) is 6.62. The Bertz CT molecular complexity index is 1260. The number of carbonyl (C=O) groups excluding carboxylic acids is 1. The number of hydrogen-bond acceptors (Lipinski definition) is 7. The smallest absolute Gasteiger partial charge is 0.230 e. The number of likely N-dealkylation sites (tertiary alicyclic amines) is 2. The van der Waals surface area contributed by atoms with Gasteiger partial charge in [0.2, 0.25) is 17.6 Å². The average molecular weight is 508 g/mol. The first-order valence-corrected chi connectivity index (χ1v) is 12.9. The minimum absolute atomic E-state index is 0.0715. The molecule has 2 aromatic heterocycles. The number of nitrogens with zero attached hydrogens (tertiary/aromatic N) is 5. The predicted octanol–water partition coefficient (Wildman–Crippen LogP) is 3.87. The van der Waals surface area contributed by atoms with Crippen LogP contribution in [0.4, 0.5) is 4.39 Å². The molecule has 2 aliphatic rings. The molecular formula is C28H34FN5O3. The number of halogens is 1. The van der Waals surface area contributed by atoms with Crippen LogP contribution in [-0.4, -0.2) is 74.8 Å². The molecule has 8 nitrogen and oxygen atoms in total. The molecule has 0 spiro atoms. The van der Waals surface area contributed by atoms with Gasteiger partial charge in [0.05, 0.1) is 0 Å². The molecule has 37 heavy (non-hydrogen) atoms. The third-order valence-electron chi connectivity index (χ3n) is 7.83. The van der Waals surface area contributed by atoms with E-state index >= 15 is 4.39 Å². The average Bonchev–Trinajstić information content (AvgIpc) is 3.38. The van der Waals surface area contributed by atoms with E-state index < -0.39 is 11.3 Å². The number of rotatable bonds is 6. The Balaban J connectivity index is 1.46. The van der Waals surface area contributed by atoms with E-state index in [2.05, 4.69) is 29.0 Å². The number of carbonyl (C=O) groups is 1. The van der Waals surface area contributed by atoms with Crippen molar-refractivity contribution in [3.8, 4) is 11.4 Å². The van der Waals surface area contributed by atoms with Gasteiger partial charge in [-0.15, -0.1) is 0 Å². The van der Waals surface area contributed by atoms with Crippen molar-refractivity contribution in [2.75, 3.05) is 33.2 Å². The normalized spacial score (nSPS) is 20.0. The van der Waals surface area contributed by atoms with Gasteiger partial charge in [-0.25, -0.2) is 4.39 Å². The molecule has 9 heteroatoms. The Labute approximate surface area is 216 Å². The Morgan fingerprint density at radius 3 is 2.43 bits per heavy atom. The highest BCUT2D eigenvalue weighted by atomic mass is 19.1. The zero-order valence-corrected chi connectivity index (χ0v) is 21.8. The Morgan fingerprint density at radius 1 is 1.16 bits per heavy atom. The van der Waals surface area contributed by atoms with Crippen molar-refractivity contribution in [2.24, 2.45) is 0 Å². The van der Waals surface area contributed by atoms with E-state index in [0.29, 0.717) is 47.4 Å². The van der Waals surface area contributed by atoms with E-state index in [-0.39, 0.29) is 24.9 Å². The molecule has 3 aromatic rings. The van der Waals surface area contributed by atoms with E-state index in [1.165, 1.54) is 6.20 Å². The quantitative estimate of drug-likeness (QED) is 0.541. The summed E-state index contributed by atoms with van der Waals surface area (Å²) in [5.74, 6) is 1.33. The van der Waals surface area contributed by atoms with Crippen LogP contribution in [0.3, 0.4) is 0 Å². The van der Waals surface area contributed by atoms with Gasteiger partial charge in [0, 0.05) is 62.5 Å². The van der Waals surface area contributed by atoms with E-state index in [0.717, 1.165) is 18.4 Å². The van der Waals surface area contributed by atoms with Gasteiger partial charge >= 0.3 is 0 Å². The van der Waals surface area contributed by atoms with Crippen LogP contribution < -0.4 is 0 Å². The van der Waals surface area contributed by atoms with E-state index in [1.807, 2.05) is 41.1 Å². The molecule has 4 heterocycles. The van der Waals surface area contributed by atoms with E-state index in [4.69, 9.17) is 4.52 Å². The summed E-state index contributed by atoms with van der Waals surface area (Å²) in [5.41, 5.74) is -1.29. The van der Waals surface area contributed by atoms with Crippen molar-refractivity contribution in [3.63, 3.8) is 0 Å². The maximum Gasteiger partial charge on any atom is 0.230 e. The lowest BCUT2D eigenvalue weighted by Gasteiger charge is -2.52. The zero-order valence-electron chi connectivity index (χ0n) is 21.8. The summed E-state index contributed by atoms with van der Waals surface area (Å²) in [7, 11) is 1.83. The molecule has 0 radical (unpaired) electrons. The summed E-state index contributed by atoms with van der Waals surface area (Å²) < 4.78 is 21.9. The van der Waals surface area contributed by atoms with Crippen molar-refractivity contribution in [1.82, 2.24) is 24.9 Å². The molecule has 2 fully saturated rings. The SMILES string of the molecule is CC(=O)N1CCC(c2nc(-c3cncc([C@@](O)(c4ccc(C(C)C)cc4)C4(F)CN(C)C4)c3)no2)CC1. The number of amides is 1. The Hall–Kier alpha value is -3.17. The minimum atomic E-state index is -1.90. The largest absolute Gasteiger partial charge is 0.377 e. The summed E-state index contributed by atoms with van der Waals surface area (Å²) in [6, 6.07) is 9.20. The monoisotopic (exact) mass is 507 g/mol. The van der Waals surface area contributed by atoms with Gasteiger partial charge in [0.15, 0.2) is 11.3 Å². The van der Waals surface area contributed by atoms with Crippen molar-refractivity contribution < 1.29 is 18.8 Å². The second-order valence-corrected chi connectivity index (χ2v) is 10.8. The van der Waals surface area contributed by atoms with Gasteiger partial charge < -0.3 is 14.5 Å². The third kappa shape index (κ3) is 4.55. The van der Waals surface area contributed by atoms with Crippen LogP contribution in [-0.2, 0) is 10.4 Å². The predicted molar refractivity (Wildman–Crippen MR) is 137 cm³/mol. The van der Waals surface area contributed by atoms with Crippen LogP contribution in [0.1, 0.15) is 68.0 Å². The number of pyridine rings is 1. The highest BCUT2D eigenvalue weighted by molar-refractivity contribution is 5.73. The number of aliphatic hydroxyl groups is 1. The number of benzene rings is 1. The maximum absolute atomic E-state index is 16.3. The lowest BCUT2D eigenvalue weighted by Crippen LogP contribution is -2.68. The van der Waals surface area contributed by atoms with Gasteiger partial charge in [0.1, 0.15) is 0 Å². The molecular weight excluding hydrogens is 473 g/mol. The number of piperidine rings is 1. The van der Waals surface area contributed by atoms with Crippen molar-refractivity contribution in [1.29, 1.82) is 0 Å². The van der Waals surface area contributed by atoms with Crippen LogP contribution in [0.2, 0.25) is 0 Å². The summed E-state index contributed by atoms with van der Waals surface area (Å²) in [5, 5.41) is 16.3. The standard InChI is InChI=1S/C28H34FN5O3/c1-18(2)20-5-7-23(8-6-20)28(36,27(29)16-33(4)17-27)24-13-22(14-30-15-24)25-31-26(37-32-25)21-9-11-34(12-10-21)19(3)35/h5-8,13-15,18,21,36H,9-12,16-17H2,1-4H3/t28-/m0/s1. The Morgan fingerprint density at radius 2 is 1.84 bits per heavy atom. The van der Waals surface area contributed by atoms with Gasteiger partial charge in [-0.05, 0) is 43.0 Å². The lowest BCUT2D eigenvalue weighted by molar-refractivity contribution is -0.153. The van der Waals surface area contributed by atoms with E-state index in [9.17, 15) is 9.90 Å². The fraction of sp³-hybridized carbons (Fsp3) is 0.500. The zero-order chi connectivity index (χ0) is 26.4. The number of hydrogen-bond donors (Lipinski definition) is 1. The van der Waals surface area contributed by atoms with E-state index in [1.54, 1.807) is 19.2 Å². The molecule has 2 aliphatic heterocycles. The molecule has 1 aromatic carbocycles. The number of aromatic nitrogens is 3. The van der Waals surface area contributed by atoms with Crippen LogP contribution in [0.15, 0.2) is 47.2 Å². The van der Waals surface area contributed by atoms with Gasteiger partial charge in [0.25, 0.3) is 0 Å². The summed E-state index contributed by atoms with van der Waals surface area (Å²) >= 11 is 0. The van der Waals surface area contributed by atoms with Gasteiger partial charge in [-0.2, -0.15) is 4.98 Å². The molecule has 196 valence electrons. The van der Waals surface area contributed by atoms with Crippen LogP contribution >= 0.6 is 0 Å². The van der Waals surface area contributed by atoms with Crippen molar-refractivity contribution in [3.05, 3.63) is 65.3 Å². The minimum Gasteiger partial charge on any atom is -0.377 e. The fourth-order valence-electron chi connectivity index (χ4n) is 5.55. The van der Waals surface area contributed by atoms with Crippen LogP contribution in [0.25, 0.3) is 11.4 Å². The third-order valence-corrected chi connectivity index (χ3v) is 7.83. The lowest BCUT2D eigenvalue weighted by atomic mass is 9.70. The molecule has 1 amide bonds. The summed E-state index contributed by atoms with van der Waals surface area (Å²) in [4.78, 5) is 24.2. The second kappa shape index (κ2) is 9.61. The molecule has 0 saturated carbocycles. The molecule has 0 aliphatic carbocycles. The van der Waals surface area contributed by atoms with Crippen LogP contribution in [0.5, 0.6) is 0 Å². The van der Waals surface area contributed by atoms with Gasteiger partial charge in [-0.3, -0.25) is 14.7 Å².